The lowest BCUT2D eigenvalue weighted by molar-refractivity contribution is -0.118. The SMILES string of the molecule is CC(=O)NCCCCc1cc(C)cc(N)n1. The van der Waals surface area contributed by atoms with Crippen molar-refractivity contribution in [1.82, 2.24) is 10.3 Å². The molecule has 0 aliphatic heterocycles. The minimum Gasteiger partial charge on any atom is -0.384 e. The first kappa shape index (κ1) is 12.5. The third kappa shape index (κ3) is 4.77. The second-order valence-corrected chi connectivity index (χ2v) is 4.00. The molecule has 0 aromatic carbocycles. The smallest absolute Gasteiger partial charge is 0.216 e. The summed E-state index contributed by atoms with van der Waals surface area (Å²) in [5.74, 6) is 0.606. The van der Waals surface area contributed by atoms with Gasteiger partial charge in [-0.15, -0.1) is 0 Å². The maximum atomic E-state index is 10.6. The lowest BCUT2D eigenvalue weighted by Gasteiger charge is -2.04. The molecule has 0 bridgehead atoms. The van der Waals surface area contributed by atoms with E-state index in [1.165, 1.54) is 6.92 Å². The zero-order valence-electron chi connectivity index (χ0n) is 9.92. The molecule has 88 valence electrons. The summed E-state index contributed by atoms with van der Waals surface area (Å²) in [5.41, 5.74) is 7.83. The van der Waals surface area contributed by atoms with Crippen LogP contribution >= 0.6 is 0 Å². The Morgan fingerprint density at radius 1 is 1.44 bits per heavy atom. The van der Waals surface area contributed by atoms with E-state index < -0.39 is 0 Å². The molecule has 16 heavy (non-hydrogen) atoms. The summed E-state index contributed by atoms with van der Waals surface area (Å²) in [6, 6.07) is 3.91. The molecular weight excluding hydrogens is 202 g/mol. The van der Waals surface area contributed by atoms with Crippen LogP contribution in [0.3, 0.4) is 0 Å². The van der Waals surface area contributed by atoms with Crippen LogP contribution in [0, 0.1) is 6.92 Å². The van der Waals surface area contributed by atoms with Crippen molar-refractivity contribution in [1.29, 1.82) is 0 Å². The number of nitrogens with zero attached hydrogens (tertiary/aromatic N) is 1. The summed E-state index contributed by atoms with van der Waals surface area (Å²) < 4.78 is 0. The number of carbonyl (C=O) groups is 1. The Hall–Kier alpha value is -1.58. The molecule has 0 atom stereocenters. The first-order chi connectivity index (χ1) is 7.58. The normalized spacial score (nSPS) is 10.1. The van der Waals surface area contributed by atoms with Crippen molar-refractivity contribution < 1.29 is 4.79 Å². The molecule has 0 fully saturated rings. The third-order valence-corrected chi connectivity index (χ3v) is 2.28. The minimum absolute atomic E-state index is 0.0259. The standard InChI is InChI=1S/C12H19N3O/c1-9-7-11(15-12(13)8-9)5-3-4-6-14-10(2)16/h7-8H,3-6H2,1-2H3,(H2,13,15)(H,14,16). The Labute approximate surface area is 96.3 Å². The molecule has 1 heterocycles. The van der Waals surface area contributed by atoms with Gasteiger partial charge < -0.3 is 11.1 Å². The van der Waals surface area contributed by atoms with Crippen LogP contribution in [-0.4, -0.2) is 17.4 Å². The van der Waals surface area contributed by atoms with Crippen LogP contribution in [0.5, 0.6) is 0 Å². The fraction of sp³-hybridized carbons (Fsp3) is 0.500. The first-order valence-electron chi connectivity index (χ1n) is 5.55. The van der Waals surface area contributed by atoms with E-state index in [9.17, 15) is 4.79 Å². The minimum atomic E-state index is 0.0259. The lowest BCUT2D eigenvalue weighted by Crippen LogP contribution is -2.20. The number of nitrogens with two attached hydrogens (primary N) is 1. The van der Waals surface area contributed by atoms with Crippen LogP contribution in [0.2, 0.25) is 0 Å². The number of anilines is 1. The van der Waals surface area contributed by atoms with Crippen molar-refractivity contribution in [2.45, 2.75) is 33.1 Å². The molecule has 4 heteroatoms. The number of aromatic nitrogens is 1. The van der Waals surface area contributed by atoms with E-state index in [-0.39, 0.29) is 5.91 Å². The summed E-state index contributed by atoms with van der Waals surface area (Å²) in [4.78, 5) is 14.9. The van der Waals surface area contributed by atoms with Gasteiger partial charge in [0.15, 0.2) is 0 Å². The highest BCUT2D eigenvalue weighted by Crippen LogP contribution is 2.08. The second kappa shape index (κ2) is 6.10. The van der Waals surface area contributed by atoms with E-state index in [2.05, 4.69) is 16.4 Å². The molecule has 0 unspecified atom stereocenters. The Morgan fingerprint density at radius 3 is 2.81 bits per heavy atom. The van der Waals surface area contributed by atoms with Crippen LogP contribution in [0.4, 0.5) is 5.82 Å². The van der Waals surface area contributed by atoms with E-state index in [1.807, 2.05) is 13.0 Å². The zero-order chi connectivity index (χ0) is 12.0. The van der Waals surface area contributed by atoms with E-state index in [0.717, 1.165) is 37.1 Å². The number of unbranched alkanes of at least 4 members (excludes halogenated alkanes) is 1. The van der Waals surface area contributed by atoms with Crippen LogP contribution in [0.1, 0.15) is 31.0 Å². The van der Waals surface area contributed by atoms with E-state index in [4.69, 9.17) is 5.73 Å². The number of aryl methyl sites for hydroxylation is 2. The lowest BCUT2D eigenvalue weighted by atomic mass is 10.1. The van der Waals surface area contributed by atoms with Gasteiger partial charge in [-0.25, -0.2) is 4.98 Å². The molecule has 0 aliphatic rings. The van der Waals surface area contributed by atoms with Crippen LogP contribution in [-0.2, 0) is 11.2 Å². The summed E-state index contributed by atoms with van der Waals surface area (Å²) >= 11 is 0. The molecule has 0 saturated heterocycles. The number of hydrogen-bond acceptors (Lipinski definition) is 3. The van der Waals surface area contributed by atoms with E-state index in [1.54, 1.807) is 0 Å². The molecule has 0 saturated carbocycles. The molecule has 1 amide bonds. The Kier molecular flexibility index (Phi) is 4.76. The van der Waals surface area contributed by atoms with Gasteiger partial charge in [-0.2, -0.15) is 0 Å². The topological polar surface area (TPSA) is 68.0 Å². The maximum absolute atomic E-state index is 10.6. The van der Waals surface area contributed by atoms with Crippen LogP contribution in [0.25, 0.3) is 0 Å². The van der Waals surface area contributed by atoms with Crippen molar-refractivity contribution in [2.24, 2.45) is 0 Å². The van der Waals surface area contributed by atoms with Gasteiger partial charge in [0.05, 0.1) is 0 Å². The van der Waals surface area contributed by atoms with Gasteiger partial charge in [-0.05, 0) is 43.9 Å². The highest BCUT2D eigenvalue weighted by molar-refractivity contribution is 5.72. The van der Waals surface area contributed by atoms with Crippen molar-refractivity contribution >= 4 is 11.7 Å². The predicted octanol–water partition coefficient (Wildman–Crippen LogP) is 1.43. The summed E-state index contributed by atoms with van der Waals surface area (Å²) in [6.45, 7) is 4.28. The van der Waals surface area contributed by atoms with E-state index in [0.29, 0.717) is 5.82 Å². The monoisotopic (exact) mass is 221 g/mol. The largest absolute Gasteiger partial charge is 0.384 e. The van der Waals surface area contributed by atoms with Gasteiger partial charge in [0.2, 0.25) is 5.91 Å². The van der Waals surface area contributed by atoms with Crippen molar-refractivity contribution in [3.8, 4) is 0 Å². The van der Waals surface area contributed by atoms with Gasteiger partial charge in [-0.3, -0.25) is 4.79 Å². The maximum Gasteiger partial charge on any atom is 0.216 e. The molecule has 3 N–H and O–H groups in total. The zero-order valence-corrected chi connectivity index (χ0v) is 9.92. The van der Waals surface area contributed by atoms with Gasteiger partial charge in [-0.1, -0.05) is 0 Å². The number of carbonyl (C=O) groups excluding carboxylic acids is 1. The number of rotatable bonds is 5. The third-order valence-electron chi connectivity index (χ3n) is 2.28. The van der Waals surface area contributed by atoms with Crippen LogP contribution in [0.15, 0.2) is 12.1 Å². The molecule has 0 aliphatic carbocycles. The molecule has 1 aromatic heterocycles. The van der Waals surface area contributed by atoms with Crippen molar-refractivity contribution in [2.75, 3.05) is 12.3 Å². The van der Waals surface area contributed by atoms with E-state index >= 15 is 0 Å². The molecular formula is C12H19N3O. The molecule has 0 spiro atoms. The number of hydrogen-bond donors (Lipinski definition) is 2. The average Bonchev–Trinajstić information content (AvgIpc) is 2.15. The highest BCUT2D eigenvalue weighted by Gasteiger charge is 1.98. The summed E-state index contributed by atoms with van der Waals surface area (Å²) in [6.07, 6.45) is 2.89. The van der Waals surface area contributed by atoms with Crippen LogP contribution < -0.4 is 11.1 Å². The fourth-order valence-corrected chi connectivity index (χ4v) is 1.59. The highest BCUT2D eigenvalue weighted by atomic mass is 16.1. The molecule has 4 nitrogen and oxygen atoms in total. The van der Waals surface area contributed by atoms with Crippen molar-refractivity contribution in [3.05, 3.63) is 23.4 Å². The van der Waals surface area contributed by atoms with Crippen molar-refractivity contribution in [3.63, 3.8) is 0 Å². The number of nitrogens with one attached hydrogen (secondary N) is 1. The first-order valence-corrected chi connectivity index (χ1v) is 5.55. The number of pyridine rings is 1. The quantitative estimate of drug-likeness (QED) is 0.739. The Balaban J connectivity index is 2.29. The Morgan fingerprint density at radius 2 is 2.19 bits per heavy atom. The molecule has 0 radical (unpaired) electrons. The average molecular weight is 221 g/mol. The molecule has 1 rings (SSSR count). The fourth-order valence-electron chi connectivity index (χ4n) is 1.59. The predicted molar refractivity (Wildman–Crippen MR) is 65.0 cm³/mol. The van der Waals surface area contributed by atoms with Gasteiger partial charge in [0.25, 0.3) is 0 Å². The summed E-state index contributed by atoms with van der Waals surface area (Å²) in [5, 5.41) is 2.77. The second-order valence-electron chi connectivity index (χ2n) is 4.00. The van der Waals surface area contributed by atoms with Gasteiger partial charge in [0, 0.05) is 19.2 Å². The molecule has 1 aromatic rings. The Bertz CT molecular complexity index is 343. The number of amides is 1. The van der Waals surface area contributed by atoms with Gasteiger partial charge in [0.1, 0.15) is 5.82 Å². The number of nitrogen functional groups attached to an aromatic ring is 1. The van der Waals surface area contributed by atoms with Gasteiger partial charge >= 0.3 is 0 Å². The summed E-state index contributed by atoms with van der Waals surface area (Å²) in [7, 11) is 0.